The minimum atomic E-state index is 0.614. The van der Waals surface area contributed by atoms with Crippen LogP contribution in [0.15, 0.2) is 24.3 Å². The van der Waals surface area contributed by atoms with Crippen LogP contribution in [0, 0.1) is 0 Å². The van der Waals surface area contributed by atoms with Gasteiger partial charge in [-0.05, 0) is 43.5 Å². The summed E-state index contributed by atoms with van der Waals surface area (Å²) in [6.45, 7) is 7.76. The zero-order chi connectivity index (χ0) is 13.0. The van der Waals surface area contributed by atoms with Crippen molar-refractivity contribution in [3.05, 3.63) is 35.4 Å². The van der Waals surface area contributed by atoms with Crippen LogP contribution in [0.2, 0.25) is 0 Å². The molecule has 1 aliphatic rings. The zero-order valence-electron chi connectivity index (χ0n) is 11.9. The van der Waals surface area contributed by atoms with Gasteiger partial charge in [0.15, 0.2) is 0 Å². The predicted molar refractivity (Wildman–Crippen MR) is 77.9 cm³/mol. The summed E-state index contributed by atoms with van der Waals surface area (Å²) in [6, 6.07) is 9.94. The van der Waals surface area contributed by atoms with Crippen molar-refractivity contribution in [1.82, 2.24) is 10.2 Å². The molecule has 2 heteroatoms. The first kappa shape index (κ1) is 13.6. The minimum absolute atomic E-state index is 0.614. The molecule has 1 fully saturated rings. The van der Waals surface area contributed by atoms with Crippen molar-refractivity contribution in [1.29, 1.82) is 0 Å². The molecule has 100 valence electrons. The van der Waals surface area contributed by atoms with Crippen LogP contribution in [0.1, 0.15) is 43.7 Å². The summed E-state index contributed by atoms with van der Waals surface area (Å²) in [5, 5.41) is 3.60. The van der Waals surface area contributed by atoms with Gasteiger partial charge >= 0.3 is 0 Å². The average Bonchev–Trinajstić information content (AvgIpc) is 3.20. The van der Waals surface area contributed by atoms with E-state index in [2.05, 4.69) is 55.4 Å². The number of nitrogens with one attached hydrogen (secondary N) is 1. The van der Waals surface area contributed by atoms with Crippen LogP contribution in [-0.2, 0) is 6.54 Å². The van der Waals surface area contributed by atoms with Gasteiger partial charge in [0, 0.05) is 19.1 Å². The average molecular weight is 246 g/mol. The van der Waals surface area contributed by atoms with E-state index < -0.39 is 0 Å². The number of hydrogen-bond donors (Lipinski definition) is 1. The SMILES string of the molecule is CCN(C)Cc1ccc(C(C)CNC2CC2)cc1. The fourth-order valence-electron chi connectivity index (χ4n) is 2.12. The predicted octanol–water partition coefficient (Wildman–Crippen LogP) is 2.99. The van der Waals surface area contributed by atoms with Crippen molar-refractivity contribution in [2.24, 2.45) is 0 Å². The van der Waals surface area contributed by atoms with Crippen LogP contribution in [-0.4, -0.2) is 31.1 Å². The largest absolute Gasteiger partial charge is 0.313 e. The van der Waals surface area contributed by atoms with Crippen molar-refractivity contribution >= 4 is 0 Å². The summed E-state index contributed by atoms with van der Waals surface area (Å²) in [5.41, 5.74) is 2.86. The molecule has 1 aliphatic carbocycles. The molecule has 1 atom stereocenters. The van der Waals surface area contributed by atoms with E-state index in [1.54, 1.807) is 0 Å². The Morgan fingerprint density at radius 1 is 1.28 bits per heavy atom. The van der Waals surface area contributed by atoms with Gasteiger partial charge in [-0.2, -0.15) is 0 Å². The highest BCUT2D eigenvalue weighted by Crippen LogP contribution is 2.21. The van der Waals surface area contributed by atoms with Gasteiger partial charge in [0.25, 0.3) is 0 Å². The highest BCUT2D eigenvalue weighted by atomic mass is 15.1. The van der Waals surface area contributed by atoms with Crippen molar-refractivity contribution in [2.75, 3.05) is 20.1 Å². The van der Waals surface area contributed by atoms with Gasteiger partial charge in [0.2, 0.25) is 0 Å². The number of nitrogens with zero attached hydrogens (tertiary/aromatic N) is 1. The maximum Gasteiger partial charge on any atom is 0.0230 e. The first-order valence-electron chi connectivity index (χ1n) is 7.19. The summed E-state index contributed by atoms with van der Waals surface area (Å²) in [7, 11) is 2.16. The highest BCUT2D eigenvalue weighted by Gasteiger charge is 2.21. The minimum Gasteiger partial charge on any atom is -0.313 e. The molecule has 0 saturated heterocycles. The molecule has 1 aromatic rings. The lowest BCUT2D eigenvalue weighted by molar-refractivity contribution is 0.346. The Bertz CT molecular complexity index is 354. The molecule has 1 N–H and O–H groups in total. The van der Waals surface area contributed by atoms with Crippen LogP contribution in [0.3, 0.4) is 0 Å². The van der Waals surface area contributed by atoms with Gasteiger partial charge in [-0.3, -0.25) is 0 Å². The van der Waals surface area contributed by atoms with Crippen LogP contribution >= 0.6 is 0 Å². The first-order chi connectivity index (χ1) is 8.69. The Hall–Kier alpha value is -0.860. The third kappa shape index (κ3) is 4.11. The maximum atomic E-state index is 3.60. The van der Waals surface area contributed by atoms with Crippen molar-refractivity contribution in [3.8, 4) is 0 Å². The van der Waals surface area contributed by atoms with E-state index in [-0.39, 0.29) is 0 Å². The smallest absolute Gasteiger partial charge is 0.0230 e. The lowest BCUT2D eigenvalue weighted by Gasteiger charge is -2.16. The van der Waals surface area contributed by atoms with Gasteiger partial charge in [-0.15, -0.1) is 0 Å². The summed E-state index contributed by atoms with van der Waals surface area (Å²) in [6.07, 6.45) is 2.74. The third-order valence-corrected chi connectivity index (χ3v) is 3.83. The molecular formula is C16H26N2. The second-order valence-corrected chi connectivity index (χ2v) is 5.66. The number of rotatable bonds is 7. The summed E-state index contributed by atoms with van der Waals surface area (Å²) in [5.74, 6) is 0.614. The van der Waals surface area contributed by atoms with Crippen molar-refractivity contribution in [3.63, 3.8) is 0 Å². The molecule has 0 amide bonds. The molecule has 0 bridgehead atoms. The van der Waals surface area contributed by atoms with E-state index in [1.807, 2.05) is 0 Å². The Labute approximate surface area is 111 Å². The molecule has 0 radical (unpaired) electrons. The molecule has 0 aromatic heterocycles. The molecule has 18 heavy (non-hydrogen) atoms. The molecule has 1 saturated carbocycles. The molecule has 1 unspecified atom stereocenters. The lowest BCUT2D eigenvalue weighted by Crippen LogP contribution is -2.22. The van der Waals surface area contributed by atoms with Gasteiger partial charge in [0.05, 0.1) is 0 Å². The quantitative estimate of drug-likeness (QED) is 0.795. The monoisotopic (exact) mass is 246 g/mol. The Morgan fingerprint density at radius 2 is 1.94 bits per heavy atom. The van der Waals surface area contributed by atoms with Gasteiger partial charge < -0.3 is 10.2 Å². The van der Waals surface area contributed by atoms with Crippen LogP contribution in [0.25, 0.3) is 0 Å². The molecule has 1 aromatic carbocycles. The van der Waals surface area contributed by atoms with Crippen LogP contribution in [0.5, 0.6) is 0 Å². The van der Waals surface area contributed by atoms with E-state index in [0.29, 0.717) is 5.92 Å². The Kier molecular flexibility index (Phi) is 4.79. The molecule has 2 nitrogen and oxygen atoms in total. The van der Waals surface area contributed by atoms with E-state index in [9.17, 15) is 0 Å². The van der Waals surface area contributed by atoms with Crippen LogP contribution in [0.4, 0.5) is 0 Å². The Balaban J connectivity index is 1.85. The normalized spacial score (nSPS) is 17.1. The molecular weight excluding hydrogens is 220 g/mol. The highest BCUT2D eigenvalue weighted by molar-refractivity contribution is 5.25. The van der Waals surface area contributed by atoms with Crippen molar-refractivity contribution in [2.45, 2.75) is 45.2 Å². The summed E-state index contributed by atoms with van der Waals surface area (Å²) < 4.78 is 0. The zero-order valence-corrected chi connectivity index (χ0v) is 11.9. The van der Waals surface area contributed by atoms with E-state index in [0.717, 1.165) is 25.7 Å². The number of benzene rings is 1. The molecule has 0 spiro atoms. The first-order valence-corrected chi connectivity index (χ1v) is 7.19. The fraction of sp³-hybridized carbons (Fsp3) is 0.625. The van der Waals surface area contributed by atoms with Gasteiger partial charge in [-0.1, -0.05) is 38.1 Å². The van der Waals surface area contributed by atoms with Gasteiger partial charge in [-0.25, -0.2) is 0 Å². The third-order valence-electron chi connectivity index (χ3n) is 3.83. The van der Waals surface area contributed by atoms with Crippen LogP contribution < -0.4 is 5.32 Å². The number of hydrogen-bond acceptors (Lipinski definition) is 2. The van der Waals surface area contributed by atoms with E-state index in [1.165, 1.54) is 24.0 Å². The summed E-state index contributed by atoms with van der Waals surface area (Å²) in [4.78, 5) is 2.33. The molecule has 0 heterocycles. The van der Waals surface area contributed by atoms with E-state index in [4.69, 9.17) is 0 Å². The van der Waals surface area contributed by atoms with Gasteiger partial charge in [0.1, 0.15) is 0 Å². The fourth-order valence-corrected chi connectivity index (χ4v) is 2.12. The molecule has 2 rings (SSSR count). The lowest BCUT2D eigenvalue weighted by atomic mass is 9.99. The molecule has 0 aliphatic heterocycles. The van der Waals surface area contributed by atoms with Crippen molar-refractivity contribution < 1.29 is 0 Å². The topological polar surface area (TPSA) is 15.3 Å². The second kappa shape index (κ2) is 6.35. The maximum absolute atomic E-state index is 3.60. The Morgan fingerprint density at radius 3 is 2.50 bits per heavy atom. The second-order valence-electron chi connectivity index (χ2n) is 5.66. The summed E-state index contributed by atoms with van der Waals surface area (Å²) >= 11 is 0. The van der Waals surface area contributed by atoms with E-state index >= 15 is 0 Å². The standard InChI is InChI=1S/C16H26N2/c1-4-18(3)12-14-5-7-15(8-6-14)13(2)11-17-16-9-10-16/h5-8,13,16-17H,4,9-12H2,1-3H3.